The van der Waals surface area contributed by atoms with Crippen molar-refractivity contribution in [3.05, 3.63) is 0 Å². The summed E-state index contributed by atoms with van der Waals surface area (Å²) in [7, 11) is 0. The first-order valence-electron chi connectivity index (χ1n) is 7.72. The average molecular weight is 272 g/mol. The molecule has 0 bridgehead atoms. The van der Waals surface area contributed by atoms with Crippen molar-refractivity contribution in [2.24, 2.45) is 5.92 Å². The van der Waals surface area contributed by atoms with Crippen molar-refractivity contribution < 1.29 is 9.84 Å². The van der Waals surface area contributed by atoms with Gasteiger partial charge in [0.05, 0.1) is 18.8 Å². The van der Waals surface area contributed by atoms with Gasteiger partial charge in [0.15, 0.2) is 0 Å². The Balaban J connectivity index is 2.22. The SMILES string of the molecule is CC(C)NCC1CCCN(CC(O)COC(C)C)C1. The van der Waals surface area contributed by atoms with E-state index in [4.69, 9.17) is 4.74 Å². The summed E-state index contributed by atoms with van der Waals surface area (Å²) >= 11 is 0. The topological polar surface area (TPSA) is 44.7 Å². The van der Waals surface area contributed by atoms with Gasteiger partial charge in [-0.1, -0.05) is 13.8 Å². The molecule has 1 rings (SSSR count). The first-order chi connectivity index (χ1) is 8.97. The van der Waals surface area contributed by atoms with E-state index in [-0.39, 0.29) is 12.2 Å². The molecule has 0 amide bonds. The van der Waals surface area contributed by atoms with Crippen LogP contribution >= 0.6 is 0 Å². The fourth-order valence-electron chi connectivity index (χ4n) is 2.54. The van der Waals surface area contributed by atoms with Gasteiger partial charge in [0, 0.05) is 19.1 Å². The van der Waals surface area contributed by atoms with Crippen LogP contribution in [0.25, 0.3) is 0 Å². The molecule has 0 aromatic heterocycles. The number of hydrogen-bond donors (Lipinski definition) is 2. The molecule has 19 heavy (non-hydrogen) atoms. The molecule has 2 unspecified atom stereocenters. The fraction of sp³-hybridized carbons (Fsp3) is 1.00. The van der Waals surface area contributed by atoms with Gasteiger partial charge in [0.2, 0.25) is 0 Å². The van der Waals surface area contributed by atoms with Crippen LogP contribution in [-0.2, 0) is 4.74 Å². The number of aliphatic hydroxyl groups excluding tert-OH is 1. The number of aliphatic hydroxyl groups is 1. The highest BCUT2D eigenvalue weighted by atomic mass is 16.5. The van der Waals surface area contributed by atoms with Crippen molar-refractivity contribution in [1.82, 2.24) is 10.2 Å². The monoisotopic (exact) mass is 272 g/mol. The van der Waals surface area contributed by atoms with E-state index in [1.807, 2.05) is 13.8 Å². The van der Waals surface area contributed by atoms with Gasteiger partial charge in [-0.2, -0.15) is 0 Å². The van der Waals surface area contributed by atoms with E-state index in [1.54, 1.807) is 0 Å². The lowest BCUT2D eigenvalue weighted by atomic mass is 9.97. The minimum Gasteiger partial charge on any atom is -0.389 e. The second-order valence-electron chi connectivity index (χ2n) is 6.37. The second kappa shape index (κ2) is 8.90. The van der Waals surface area contributed by atoms with Crippen LogP contribution in [0.15, 0.2) is 0 Å². The highest BCUT2D eigenvalue weighted by molar-refractivity contribution is 4.77. The van der Waals surface area contributed by atoms with Crippen LogP contribution < -0.4 is 5.32 Å². The number of likely N-dealkylation sites (tertiary alicyclic amines) is 1. The molecular weight excluding hydrogens is 240 g/mol. The molecule has 0 aliphatic carbocycles. The van der Waals surface area contributed by atoms with Gasteiger partial charge in [-0.3, -0.25) is 0 Å². The predicted molar refractivity (Wildman–Crippen MR) is 79.4 cm³/mol. The lowest BCUT2D eigenvalue weighted by molar-refractivity contribution is -0.0135. The number of nitrogens with one attached hydrogen (secondary N) is 1. The molecule has 114 valence electrons. The molecule has 4 nitrogen and oxygen atoms in total. The molecule has 0 saturated carbocycles. The summed E-state index contributed by atoms with van der Waals surface area (Å²) in [4.78, 5) is 2.38. The zero-order valence-corrected chi connectivity index (χ0v) is 13.1. The summed E-state index contributed by atoms with van der Waals surface area (Å²) in [5.74, 6) is 0.717. The Morgan fingerprint density at radius 1 is 1.32 bits per heavy atom. The summed E-state index contributed by atoms with van der Waals surface area (Å²) in [5.41, 5.74) is 0. The van der Waals surface area contributed by atoms with Crippen LogP contribution in [0.3, 0.4) is 0 Å². The van der Waals surface area contributed by atoms with Crippen molar-refractivity contribution in [3.8, 4) is 0 Å². The summed E-state index contributed by atoms with van der Waals surface area (Å²) < 4.78 is 5.46. The Bertz CT molecular complexity index is 232. The van der Waals surface area contributed by atoms with E-state index < -0.39 is 0 Å². The first kappa shape index (κ1) is 16.9. The van der Waals surface area contributed by atoms with Crippen LogP contribution in [0.5, 0.6) is 0 Å². The first-order valence-corrected chi connectivity index (χ1v) is 7.72. The van der Waals surface area contributed by atoms with Gasteiger partial charge in [-0.05, 0) is 45.7 Å². The summed E-state index contributed by atoms with van der Waals surface area (Å²) in [6.45, 7) is 12.9. The summed E-state index contributed by atoms with van der Waals surface area (Å²) in [6.07, 6.45) is 2.37. The average Bonchev–Trinajstić information content (AvgIpc) is 2.34. The van der Waals surface area contributed by atoms with Gasteiger partial charge in [0.25, 0.3) is 0 Å². The van der Waals surface area contributed by atoms with Gasteiger partial charge in [-0.25, -0.2) is 0 Å². The number of β-amino-alcohol motifs (C(OH)–C–C–N with tert-alkyl or cyclic N) is 1. The molecule has 1 fully saturated rings. The molecule has 0 aromatic carbocycles. The Labute approximate surface area is 118 Å². The normalized spacial score (nSPS) is 23.2. The van der Waals surface area contributed by atoms with Crippen LogP contribution in [0.4, 0.5) is 0 Å². The third-order valence-electron chi connectivity index (χ3n) is 3.51. The minimum atomic E-state index is -0.362. The summed E-state index contributed by atoms with van der Waals surface area (Å²) in [6, 6.07) is 0.556. The highest BCUT2D eigenvalue weighted by Gasteiger charge is 2.21. The molecule has 1 aliphatic rings. The molecular formula is C15H32N2O2. The number of ether oxygens (including phenoxy) is 1. The van der Waals surface area contributed by atoms with Gasteiger partial charge >= 0.3 is 0 Å². The van der Waals surface area contributed by atoms with Crippen LogP contribution in [0, 0.1) is 5.92 Å². The maximum Gasteiger partial charge on any atom is 0.0900 e. The number of rotatable bonds is 8. The van der Waals surface area contributed by atoms with E-state index in [1.165, 1.54) is 12.8 Å². The fourth-order valence-corrected chi connectivity index (χ4v) is 2.54. The lowest BCUT2D eigenvalue weighted by Gasteiger charge is -2.34. The molecule has 1 saturated heterocycles. The van der Waals surface area contributed by atoms with Crippen LogP contribution in [-0.4, -0.2) is 61.0 Å². The smallest absolute Gasteiger partial charge is 0.0900 e. The molecule has 1 heterocycles. The van der Waals surface area contributed by atoms with Crippen molar-refractivity contribution in [2.45, 2.75) is 58.8 Å². The van der Waals surface area contributed by atoms with E-state index in [9.17, 15) is 5.11 Å². The molecule has 1 aliphatic heterocycles. The number of piperidine rings is 1. The van der Waals surface area contributed by atoms with E-state index in [0.29, 0.717) is 12.6 Å². The molecule has 0 aromatic rings. The Morgan fingerprint density at radius 2 is 2.05 bits per heavy atom. The number of hydrogen-bond acceptors (Lipinski definition) is 4. The standard InChI is InChI=1S/C15H32N2O2/c1-12(2)16-8-14-6-5-7-17(9-14)10-15(18)11-19-13(3)4/h12-16,18H,5-11H2,1-4H3. The Hall–Kier alpha value is -0.160. The highest BCUT2D eigenvalue weighted by Crippen LogP contribution is 2.16. The molecule has 4 heteroatoms. The zero-order chi connectivity index (χ0) is 14.3. The molecule has 2 N–H and O–H groups in total. The second-order valence-corrected chi connectivity index (χ2v) is 6.37. The van der Waals surface area contributed by atoms with Gasteiger partial charge in [-0.15, -0.1) is 0 Å². The maximum absolute atomic E-state index is 9.97. The number of nitrogens with zero attached hydrogens (tertiary/aromatic N) is 1. The quantitative estimate of drug-likeness (QED) is 0.702. The van der Waals surface area contributed by atoms with E-state index in [0.717, 1.165) is 32.1 Å². The third-order valence-corrected chi connectivity index (χ3v) is 3.51. The summed E-state index contributed by atoms with van der Waals surface area (Å²) in [5, 5.41) is 13.5. The van der Waals surface area contributed by atoms with Crippen LogP contribution in [0.1, 0.15) is 40.5 Å². The Kier molecular flexibility index (Phi) is 7.91. The molecule has 2 atom stereocenters. The van der Waals surface area contributed by atoms with Crippen LogP contribution in [0.2, 0.25) is 0 Å². The third kappa shape index (κ3) is 7.88. The van der Waals surface area contributed by atoms with Crippen molar-refractivity contribution in [2.75, 3.05) is 32.8 Å². The van der Waals surface area contributed by atoms with E-state index >= 15 is 0 Å². The van der Waals surface area contributed by atoms with Gasteiger partial charge in [0.1, 0.15) is 0 Å². The predicted octanol–water partition coefficient (Wildman–Crippen LogP) is 1.48. The van der Waals surface area contributed by atoms with Crippen molar-refractivity contribution in [3.63, 3.8) is 0 Å². The lowest BCUT2D eigenvalue weighted by Crippen LogP contribution is -2.44. The largest absolute Gasteiger partial charge is 0.389 e. The van der Waals surface area contributed by atoms with E-state index in [2.05, 4.69) is 24.1 Å². The van der Waals surface area contributed by atoms with Gasteiger partial charge < -0.3 is 20.1 Å². The molecule has 0 spiro atoms. The molecule has 0 radical (unpaired) electrons. The van der Waals surface area contributed by atoms with Crippen molar-refractivity contribution in [1.29, 1.82) is 0 Å². The van der Waals surface area contributed by atoms with Crippen molar-refractivity contribution >= 4 is 0 Å². The zero-order valence-electron chi connectivity index (χ0n) is 13.1. The minimum absolute atomic E-state index is 0.194. The maximum atomic E-state index is 9.97. The Morgan fingerprint density at radius 3 is 2.68 bits per heavy atom.